The smallest absolute Gasteiger partial charge is 0.297 e. The van der Waals surface area contributed by atoms with Crippen molar-refractivity contribution >= 4 is 15.8 Å². The lowest BCUT2D eigenvalue weighted by Crippen LogP contribution is -2.45. The molecule has 5 atom stereocenters. The van der Waals surface area contributed by atoms with E-state index in [9.17, 15) is 8.42 Å². The van der Waals surface area contributed by atoms with Crippen LogP contribution in [-0.2, 0) is 38.0 Å². The summed E-state index contributed by atoms with van der Waals surface area (Å²) in [6, 6.07) is 6.47. The van der Waals surface area contributed by atoms with Crippen molar-refractivity contribution in [1.29, 1.82) is 0 Å². The van der Waals surface area contributed by atoms with Gasteiger partial charge in [-0.25, -0.2) is 0 Å². The molecule has 168 valence electrons. The third-order valence-corrected chi connectivity index (χ3v) is 6.63. The van der Waals surface area contributed by atoms with Crippen LogP contribution in [0.3, 0.4) is 0 Å². The number of anilines is 1. The van der Waals surface area contributed by atoms with Crippen LogP contribution >= 0.6 is 0 Å². The summed E-state index contributed by atoms with van der Waals surface area (Å²) in [4.78, 5) is 1.94. The highest BCUT2D eigenvalue weighted by molar-refractivity contribution is 7.86. The molecule has 4 rings (SSSR count). The lowest BCUT2D eigenvalue weighted by atomic mass is 10.1. The number of fused-ring (bicyclic) bond motifs is 1. The molecule has 3 saturated heterocycles. The van der Waals surface area contributed by atoms with Crippen LogP contribution in [0.25, 0.3) is 0 Å². The summed E-state index contributed by atoms with van der Waals surface area (Å²) in [5.74, 6) is -1.70. The minimum Gasteiger partial charge on any atom is -0.378 e. The summed E-state index contributed by atoms with van der Waals surface area (Å²) in [5.41, 5.74) is 0.879. The maximum atomic E-state index is 13.0. The minimum absolute atomic E-state index is 0.0531. The van der Waals surface area contributed by atoms with Crippen LogP contribution in [0.2, 0.25) is 0 Å². The van der Waals surface area contributed by atoms with Gasteiger partial charge in [0.1, 0.15) is 24.4 Å². The first kappa shape index (κ1) is 21.9. The second kappa shape index (κ2) is 7.40. The monoisotopic (exact) mass is 443 g/mol. The highest BCUT2D eigenvalue weighted by atomic mass is 32.2. The topological polar surface area (TPSA) is 92.8 Å². The van der Waals surface area contributed by atoms with Gasteiger partial charge in [-0.3, -0.25) is 4.18 Å². The van der Waals surface area contributed by atoms with Gasteiger partial charge in [0.25, 0.3) is 10.1 Å². The fraction of sp³-hybridized carbons (Fsp3) is 0.700. The molecular formula is C20H29NO8S. The maximum absolute atomic E-state index is 13.0. The van der Waals surface area contributed by atoms with Crippen molar-refractivity contribution in [2.24, 2.45) is 0 Å². The SMILES string of the molecule is CN(C)c1ccc(S(=O)(=O)O[C@H]2[C@H]([C@@H]3COC(C)(C)O3)O[C@H]3OC(C)(C)O[C@@H]32)cc1. The maximum Gasteiger partial charge on any atom is 0.297 e. The van der Waals surface area contributed by atoms with Gasteiger partial charge in [-0.15, -0.1) is 0 Å². The van der Waals surface area contributed by atoms with Crippen LogP contribution in [0.15, 0.2) is 29.2 Å². The number of nitrogens with zero attached hydrogens (tertiary/aromatic N) is 1. The molecule has 0 saturated carbocycles. The first-order valence-corrected chi connectivity index (χ1v) is 11.3. The van der Waals surface area contributed by atoms with E-state index >= 15 is 0 Å². The summed E-state index contributed by atoms with van der Waals surface area (Å²) in [6.45, 7) is 7.31. The zero-order valence-electron chi connectivity index (χ0n) is 18.0. The van der Waals surface area contributed by atoms with Gasteiger partial charge >= 0.3 is 0 Å². The average Bonchev–Trinajstić information content (AvgIpc) is 3.25. The number of rotatable bonds is 5. The number of ether oxygens (including phenoxy) is 5. The molecule has 10 heteroatoms. The first-order chi connectivity index (χ1) is 13.9. The Morgan fingerprint density at radius 3 is 2.20 bits per heavy atom. The van der Waals surface area contributed by atoms with Gasteiger partial charge in [0.15, 0.2) is 17.9 Å². The molecule has 3 heterocycles. The van der Waals surface area contributed by atoms with E-state index in [0.717, 1.165) is 5.69 Å². The predicted octanol–water partition coefficient (Wildman–Crippen LogP) is 1.85. The van der Waals surface area contributed by atoms with Crippen molar-refractivity contribution in [3.63, 3.8) is 0 Å². The molecule has 0 radical (unpaired) electrons. The summed E-state index contributed by atoms with van der Waals surface area (Å²) in [6.07, 6.45) is -3.66. The van der Waals surface area contributed by atoms with E-state index in [-0.39, 0.29) is 11.5 Å². The third-order valence-electron chi connectivity index (χ3n) is 5.30. The number of hydrogen-bond acceptors (Lipinski definition) is 9. The first-order valence-electron chi connectivity index (χ1n) is 9.90. The van der Waals surface area contributed by atoms with E-state index in [1.54, 1.807) is 39.8 Å². The summed E-state index contributed by atoms with van der Waals surface area (Å²) >= 11 is 0. The quantitative estimate of drug-likeness (QED) is 0.632. The van der Waals surface area contributed by atoms with Crippen LogP contribution < -0.4 is 4.90 Å². The molecule has 0 amide bonds. The van der Waals surface area contributed by atoms with Crippen LogP contribution in [0.5, 0.6) is 0 Å². The highest BCUT2D eigenvalue weighted by Crippen LogP contribution is 2.42. The largest absolute Gasteiger partial charge is 0.378 e. The summed E-state index contributed by atoms with van der Waals surface area (Å²) < 4.78 is 61.0. The Kier molecular flexibility index (Phi) is 5.42. The van der Waals surface area contributed by atoms with Crippen LogP contribution in [0.4, 0.5) is 5.69 Å². The Bertz CT molecular complexity index is 883. The van der Waals surface area contributed by atoms with Crippen molar-refractivity contribution in [2.45, 2.75) is 74.9 Å². The van der Waals surface area contributed by atoms with E-state index in [0.29, 0.717) is 0 Å². The lowest BCUT2D eigenvalue weighted by molar-refractivity contribution is -0.230. The summed E-state index contributed by atoms with van der Waals surface area (Å²) in [5, 5.41) is 0. The normalized spacial score (nSPS) is 34.8. The number of hydrogen-bond donors (Lipinski definition) is 0. The van der Waals surface area contributed by atoms with Gasteiger partial charge in [0, 0.05) is 19.8 Å². The Labute approximate surface area is 177 Å². The second-order valence-corrected chi connectivity index (χ2v) is 10.4. The van der Waals surface area contributed by atoms with Gasteiger partial charge in [0.05, 0.1) is 11.5 Å². The van der Waals surface area contributed by atoms with Gasteiger partial charge in [-0.05, 0) is 52.0 Å². The molecule has 1 aromatic rings. The fourth-order valence-corrected chi connectivity index (χ4v) is 5.00. The molecule has 3 fully saturated rings. The molecule has 30 heavy (non-hydrogen) atoms. The highest BCUT2D eigenvalue weighted by Gasteiger charge is 2.60. The molecule has 0 N–H and O–H groups in total. The Hall–Kier alpha value is -1.27. The van der Waals surface area contributed by atoms with Crippen LogP contribution in [0, 0.1) is 0 Å². The van der Waals surface area contributed by atoms with Crippen molar-refractivity contribution in [2.75, 3.05) is 25.6 Å². The summed E-state index contributed by atoms with van der Waals surface area (Å²) in [7, 11) is -0.324. The van der Waals surface area contributed by atoms with E-state index in [1.165, 1.54) is 12.1 Å². The number of benzene rings is 1. The molecule has 3 aliphatic rings. The molecule has 0 unspecified atom stereocenters. The lowest BCUT2D eigenvalue weighted by Gasteiger charge is -2.28. The molecule has 0 aromatic heterocycles. The van der Waals surface area contributed by atoms with Gasteiger partial charge in [-0.1, -0.05) is 0 Å². The molecule has 3 aliphatic heterocycles. The van der Waals surface area contributed by atoms with Crippen molar-refractivity contribution < 1.29 is 36.3 Å². The minimum atomic E-state index is -4.08. The van der Waals surface area contributed by atoms with E-state index in [4.69, 9.17) is 27.9 Å². The van der Waals surface area contributed by atoms with Crippen molar-refractivity contribution in [1.82, 2.24) is 0 Å². The molecular weight excluding hydrogens is 414 g/mol. The average molecular weight is 444 g/mol. The van der Waals surface area contributed by atoms with E-state index < -0.39 is 52.4 Å². The Morgan fingerprint density at radius 1 is 0.967 bits per heavy atom. The van der Waals surface area contributed by atoms with Crippen molar-refractivity contribution in [3.8, 4) is 0 Å². The van der Waals surface area contributed by atoms with Gasteiger partial charge < -0.3 is 28.6 Å². The zero-order valence-corrected chi connectivity index (χ0v) is 18.8. The molecule has 0 spiro atoms. The predicted molar refractivity (Wildman–Crippen MR) is 106 cm³/mol. The standard InChI is InChI=1S/C20H29NO8S/c1-19(2)24-11-14(26-19)15-16(17-18(25-15)28-20(3,4)27-17)29-30(22,23)13-9-7-12(8-10-13)21(5)6/h7-10,14-18H,11H2,1-6H3/t14-,15-,16-,17+,18-/m0/s1. The molecule has 9 nitrogen and oxygen atoms in total. The van der Waals surface area contributed by atoms with Crippen molar-refractivity contribution in [3.05, 3.63) is 24.3 Å². The Balaban J connectivity index is 1.59. The van der Waals surface area contributed by atoms with Gasteiger partial charge in [-0.2, -0.15) is 8.42 Å². The molecule has 0 bridgehead atoms. The Morgan fingerprint density at radius 2 is 1.63 bits per heavy atom. The van der Waals surface area contributed by atoms with Crippen LogP contribution in [-0.4, -0.2) is 71.4 Å². The zero-order chi connectivity index (χ0) is 21.9. The molecule has 0 aliphatic carbocycles. The van der Waals surface area contributed by atoms with Crippen LogP contribution in [0.1, 0.15) is 27.7 Å². The fourth-order valence-electron chi connectivity index (χ4n) is 3.90. The molecule has 1 aromatic carbocycles. The van der Waals surface area contributed by atoms with Gasteiger partial charge in [0.2, 0.25) is 0 Å². The van der Waals surface area contributed by atoms with E-state index in [1.807, 2.05) is 19.0 Å². The second-order valence-electron chi connectivity index (χ2n) is 8.84. The van der Waals surface area contributed by atoms with E-state index in [2.05, 4.69) is 0 Å². The third kappa shape index (κ3) is 4.22.